The minimum Gasteiger partial charge on any atom is -0.493 e. The largest absolute Gasteiger partial charge is 0.493 e. The van der Waals surface area contributed by atoms with Gasteiger partial charge in [0.15, 0.2) is 23.0 Å². The van der Waals surface area contributed by atoms with E-state index >= 15 is 0 Å². The van der Waals surface area contributed by atoms with Crippen molar-refractivity contribution in [3.8, 4) is 23.0 Å². The van der Waals surface area contributed by atoms with Gasteiger partial charge in [0.1, 0.15) is 6.04 Å². The van der Waals surface area contributed by atoms with Crippen LogP contribution in [0.15, 0.2) is 71.6 Å². The van der Waals surface area contributed by atoms with Crippen LogP contribution in [-0.4, -0.2) is 41.4 Å². The molecule has 1 amide bonds. The van der Waals surface area contributed by atoms with Crippen molar-refractivity contribution in [3.63, 3.8) is 0 Å². The quantitative estimate of drug-likeness (QED) is 0.480. The third-order valence-corrected chi connectivity index (χ3v) is 6.67. The Morgan fingerprint density at radius 2 is 1.68 bits per heavy atom. The maximum Gasteiger partial charge on any atom is 0.242 e. The van der Waals surface area contributed by atoms with E-state index in [1.807, 2.05) is 30.3 Å². The summed E-state index contributed by atoms with van der Waals surface area (Å²) in [7, 11) is -1.20. The van der Waals surface area contributed by atoms with Gasteiger partial charge in [-0.3, -0.25) is 4.79 Å². The molecule has 1 aliphatic rings. The average molecular weight is 485 g/mol. The van der Waals surface area contributed by atoms with Gasteiger partial charge in [-0.1, -0.05) is 30.3 Å². The molecule has 0 radical (unpaired) electrons. The molecule has 10 heteroatoms. The average Bonchev–Trinajstić information content (AvgIpc) is 3.31. The summed E-state index contributed by atoms with van der Waals surface area (Å²) >= 11 is 0. The fraction of sp³-hybridized carbons (Fsp3) is 0.208. The highest BCUT2D eigenvalue weighted by Gasteiger charge is 2.27. The van der Waals surface area contributed by atoms with Crippen molar-refractivity contribution >= 4 is 21.6 Å². The molecule has 178 valence electrons. The first kappa shape index (κ1) is 23.4. The molecule has 34 heavy (non-hydrogen) atoms. The SMILES string of the molecule is COc1ccc(S(=O)(=O)NC(Cc2ccccc2)C(=O)Nc2ccc3c(c2)OCO3)cc1OC. The van der Waals surface area contributed by atoms with E-state index in [-0.39, 0.29) is 23.9 Å². The molecule has 2 N–H and O–H groups in total. The lowest BCUT2D eigenvalue weighted by atomic mass is 10.1. The highest BCUT2D eigenvalue weighted by atomic mass is 32.2. The van der Waals surface area contributed by atoms with Gasteiger partial charge in [0.2, 0.25) is 22.7 Å². The van der Waals surface area contributed by atoms with E-state index in [4.69, 9.17) is 18.9 Å². The Hall–Kier alpha value is -3.76. The van der Waals surface area contributed by atoms with Gasteiger partial charge < -0.3 is 24.3 Å². The molecular formula is C24H24N2O7S. The second-order valence-corrected chi connectivity index (χ2v) is 9.15. The van der Waals surface area contributed by atoms with Crippen molar-refractivity contribution in [2.45, 2.75) is 17.4 Å². The predicted octanol–water partition coefficient (Wildman–Crippen LogP) is 2.96. The molecule has 1 aliphatic heterocycles. The Bertz CT molecular complexity index is 1280. The van der Waals surface area contributed by atoms with Crippen molar-refractivity contribution in [1.82, 2.24) is 4.72 Å². The number of nitrogens with one attached hydrogen (secondary N) is 2. The molecule has 3 aromatic carbocycles. The number of rotatable bonds is 9. The van der Waals surface area contributed by atoms with Gasteiger partial charge in [-0.2, -0.15) is 4.72 Å². The first-order chi connectivity index (χ1) is 16.4. The number of sulfonamides is 1. The third-order valence-electron chi connectivity index (χ3n) is 5.20. The number of anilines is 1. The Balaban J connectivity index is 1.59. The molecule has 1 atom stereocenters. The van der Waals surface area contributed by atoms with Gasteiger partial charge in [0.05, 0.1) is 19.1 Å². The number of carbonyl (C=O) groups excluding carboxylic acids is 1. The molecule has 1 unspecified atom stereocenters. The molecular weight excluding hydrogens is 460 g/mol. The Morgan fingerprint density at radius 3 is 2.41 bits per heavy atom. The van der Waals surface area contributed by atoms with E-state index in [2.05, 4.69) is 10.0 Å². The lowest BCUT2D eigenvalue weighted by molar-refractivity contribution is -0.117. The summed E-state index contributed by atoms with van der Waals surface area (Å²) in [5, 5.41) is 2.76. The number of ether oxygens (including phenoxy) is 4. The summed E-state index contributed by atoms with van der Waals surface area (Å²) < 4.78 is 49.9. The zero-order valence-electron chi connectivity index (χ0n) is 18.6. The van der Waals surface area contributed by atoms with Crippen LogP contribution in [0.4, 0.5) is 5.69 Å². The van der Waals surface area contributed by atoms with Crippen LogP contribution in [-0.2, 0) is 21.2 Å². The summed E-state index contributed by atoms with van der Waals surface area (Å²) in [6.45, 7) is 0.106. The molecule has 0 spiro atoms. The van der Waals surface area contributed by atoms with Crippen molar-refractivity contribution < 1.29 is 32.2 Å². The standard InChI is InChI=1S/C24H24N2O7S/c1-30-20-11-9-18(14-22(20)31-2)34(28,29)26-19(12-16-6-4-3-5-7-16)24(27)25-17-8-10-21-23(13-17)33-15-32-21/h3-11,13-14,19,26H,12,15H2,1-2H3,(H,25,27). The van der Waals surface area contributed by atoms with Gasteiger partial charge in [0.25, 0.3) is 0 Å². The molecule has 0 fully saturated rings. The normalized spacial score (nSPS) is 13.2. The fourth-order valence-corrected chi connectivity index (χ4v) is 4.69. The maximum atomic E-state index is 13.2. The summed E-state index contributed by atoms with van der Waals surface area (Å²) in [5.74, 6) is 1.21. The Kier molecular flexibility index (Phi) is 6.90. The molecule has 4 rings (SSSR count). The topological polar surface area (TPSA) is 112 Å². The van der Waals surface area contributed by atoms with E-state index < -0.39 is 22.0 Å². The van der Waals surface area contributed by atoms with Crippen LogP contribution < -0.4 is 29.0 Å². The van der Waals surface area contributed by atoms with Gasteiger partial charge in [-0.05, 0) is 36.2 Å². The monoisotopic (exact) mass is 484 g/mol. The number of hydrogen-bond donors (Lipinski definition) is 2. The molecule has 0 aliphatic carbocycles. The van der Waals surface area contributed by atoms with Gasteiger partial charge in [-0.15, -0.1) is 0 Å². The van der Waals surface area contributed by atoms with Crippen molar-refractivity contribution in [2.75, 3.05) is 26.3 Å². The van der Waals surface area contributed by atoms with Gasteiger partial charge in [0, 0.05) is 17.8 Å². The van der Waals surface area contributed by atoms with Crippen LogP contribution >= 0.6 is 0 Å². The summed E-state index contributed by atoms with van der Waals surface area (Å²) in [5.41, 5.74) is 1.25. The van der Waals surface area contributed by atoms with Crippen molar-refractivity contribution in [2.24, 2.45) is 0 Å². The second kappa shape index (κ2) is 10.0. The number of benzene rings is 3. The Morgan fingerprint density at radius 1 is 0.941 bits per heavy atom. The smallest absolute Gasteiger partial charge is 0.242 e. The van der Waals surface area contributed by atoms with Crippen LogP contribution in [0, 0.1) is 0 Å². The third kappa shape index (κ3) is 5.24. The van der Waals surface area contributed by atoms with E-state index in [0.717, 1.165) is 5.56 Å². The van der Waals surface area contributed by atoms with Crippen molar-refractivity contribution in [1.29, 1.82) is 0 Å². The van der Waals surface area contributed by atoms with Crippen LogP contribution in [0.25, 0.3) is 0 Å². The highest BCUT2D eigenvalue weighted by Crippen LogP contribution is 2.34. The van der Waals surface area contributed by atoms with Crippen molar-refractivity contribution in [3.05, 3.63) is 72.3 Å². The molecule has 9 nitrogen and oxygen atoms in total. The van der Waals surface area contributed by atoms with Crippen LogP contribution in [0.3, 0.4) is 0 Å². The molecule has 3 aromatic rings. The lowest BCUT2D eigenvalue weighted by Gasteiger charge is -2.19. The van der Waals surface area contributed by atoms with E-state index in [9.17, 15) is 13.2 Å². The number of amides is 1. The second-order valence-electron chi connectivity index (χ2n) is 7.44. The first-order valence-corrected chi connectivity index (χ1v) is 11.9. The minimum atomic E-state index is -4.08. The summed E-state index contributed by atoms with van der Waals surface area (Å²) in [6, 6.07) is 17.2. The number of carbonyl (C=O) groups is 1. The molecule has 0 aromatic heterocycles. The fourth-order valence-electron chi connectivity index (χ4n) is 3.48. The van der Waals surface area contributed by atoms with Crippen LogP contribution in [0.1, 0.15) is 5.56 Å². The predicted molar refractivity (Wildman–Crippen MR) is 125 cm³/mol. The van der Waals surface area contributed by atoms with Crippen LogP contribution in [0.2, 0.25) is 0 Å². The number of hydrogen-bond acceptors (Lipinski definition) is 7. The molecule has 1 heterocycles. The molecule has 0 saturated carbocycles. The minimum absolute atomic E-state index is 0.0564. The zero-order valence-corrected chi connectivity index (χ0v) is 19.4. The lowest BCUT2D eigenvalue weighted by Crippen LogP contribution is -2.45. The van der Waals surface area contributed by atoms with E-state index in [1.54, 1.807) is 18.2 Å². The first-order valence-electron chi connectivity index (χ1n) is 10.4. The number of fused-ring (bicyclic) bond motifs is 1. The van der Waals surface area contributed by atoms with E-state index in [1.165, 1.54) is 32.4 Å². The van der Waals surface area contributed by atoms with Gasteiger partial charge in [-0.25, -0.2) is 8.42 Å². The molecule has 0 saturated heterocycles. The summed E-state index contributed by atoms with van der Waals surface area (Å²) in [4.78, 5) is 13.1. The zero-order chi connectivity index (χ0) is 24.1. The number of methoxy groups -OCH3 is 2. The van der Waals surface area contributed by atoms with E-state index in [0.29, 0.717) is 22.9 Å². The molecule has 0 bridgehead atoms. The summed E-state index contributed by atoms with van der Waals surface area (Å²) in [6.07, 6.45) is 0.143. The van der Waals surface area contributed by atoms with Crippen LogP contribution in [0.5, 0.6) is 23.0 Å². The maximum absolute atomic E-state index is 13.2. The Labute approximate surface area is 197 Å². The van der Waals surface area contributed by atoms with Gasteiger partial charge >= 0.3 is 0 Å². The highest BCUT2D eigenvalue weighted by molar-refractivity contribution is 7.89.